The molecular weight excluding hydrogens is 230 g/mol. The lowest BCUT2D eigenvalue weighted by Gasteiger charge is -2.21. The van der Waals surface area contributed by atoms with Gasteiger partial charge in [0.05, 0.1) is 5.56 Å². The van der Waals surface area contributed by atoms with Gasteiger partial charge in [-0.3, -0.25) is 4.79 Å². The number of amides is 1. The predicted molar refractivity (Wildman–Crippen MR) is 72.6 cm³/mol. The fraction of sp³-hybridized carbons (Fsp3) is 0.462. The minimum atomic E-state index is -0.263. The first-order chi connectivity index (χ1) is 8.41. The molecule has 0 saturated carbocycles. The number of benzene rings is 1. The molecule has 0 aliphatic carbocycles. The van der Waals surface area contributed by atoms with E-state index in [2.05, 4.69) is 24.1 Å². The average molecular weight is 251 g/mol. The molecule has 0 atom stereocenters. The molecule has 0 heterocycles. The summed E-state index contributed by atoms with van der Waals surface area (Å²) < 4.78 is 0. The van der Waals surface area contributed by atoms with Crippen molar-refractivity contribution in [2.75, 3.05) is 25.9 Å². The molecule has 5 nitrogen and oxygen atoms in total. The number of aromatic hydroxyl groups is 1. The summed E-state index contributed by atoms with van der Waals surface area (Å²) >= 11 is 0. The Morgan fingerprint density at radius 3 is 2.78 bits per heavy atom. The number of likely N-dealkylation sites (N-methyl/N-ethyl adjacent to an activating group) is 1. The second kappa shape index (κ2) is 6.26. The van der Waals surface area contributed by atoms with Gasteiger partial charge in [-0.25, -0.2) is 0 Å². The zero-order chi connectivity index (χ0) is 13.7. The fourth-order valence-corrected chi connectivity index (χ4v) is 1.44. The van der Waals surface area contributed by atoms with Crippen molar-refractivity contribution in [2.24, 2.45) is 0 Å². The SMILES string of the molecule is CC(C)N(C)CCNC(=O)c1cc(O)ccc1N. The zero-order valence-corrected chi connectivity index (χ0v) is 11.1. The van der Waals surface area contributed by atoms with Crippen LogP contribution in [-0.4, -0.2) is 42.1 Å². The van der Waals surface area contributed by atoms with Crippen LogP contribution in [0.4, 0.5) is 5.69 Å². The molecule has 0 aliphatic heterocycles. The Morgan fingerprint density at radius 1 is 1.50 bits per heavy atom. The summed E-state index contributed by atoms with van der Waals surface area (Å²) in [6.07, 6.45) is 0. The lowest BCUT2D eigenvalue weighted by Crippen LogP contribution is -2.36. The molecule has 0 aromatic heterocycles. The van der Waals surface area contributed by atoms with Crippen LogP contribution in [0.3, 0.4) is 0 Å². The number of anilines is 1. The highest BCUT2D eigenvalue weighted by Gasteiger charge is 2.10. The summed E-state index contributed by atoms with van der Waals surface area (Å²) in [5.74, 6) is -0.228. The van der Waals surface area contributed by atoms with Gasteiger partial charge < -0.3 is 21.1 Å². The monoisotopic (exact) mass is 251 g/mol. The molecular formula is C13H21N3O2. The third kappa shape index (κ3) is 3.92. The van der Waals surface area contributed by atoms with Crippen molar-refractivity contribution in [1.29, 1.82) is 0 Å². The van der Waals surface area contributed by atoms with Gasteiger partial charge in [0.2, 0.25) is 0 Å². The summed E-state index contributed by atoms with van der Waals surface area (Å²) in [4.78, 5) is 14.0. The van der Waals surface area contributed by atoms with Gasteiger partial charge in [0.1, 0.15) is 5.75 Å². The van der Waals surface area contributed by atoms with E-state index in [1.807, 2.05) is 7.05 Å². The van der Waals surface area contributed by atoms with Gasteiger partial charge >= 0.3 is 0 Å². The van der Waals surface area contributed by atoms with E-state index in [0.29, 0.717) is 23.8 Å². The molecule has 0 radical (unpaired) electrons. The number of rotatable bonds is 5. The second-order valence-electron chi connectivity index (χ2n) is 4.60. The van der Waals surface area contributed by atoms with Crippen molar-refractivity contribution < 1.29 is 9.90 Å². The van der Waals surface area contributed by atoms with Crippen molar-refractivity contribution in [3.05, 3.63) is 23.8 Å². The number of carbonyl (C=O) groups excluding carboxylic acids is 1. The average Bonchev–Trinajstić information content (AvgIpc) is 2.31. The molecule has 0 spiro atoms. The van der Waals surface area contributed by atoms with E-state index in [1.54, 1.807) is 0 Å². The lowest BCUT2D eigenvalue weighted by atomic mass is 10.1. The zero-order valence-electron chi connectivity index (χ0n) is 11.1. The van der Waals surface area contributed by atoms with Gasteiger partial charge in [0, 0.05) is 24.8 Å². The van der Waals surface area contributed by atoms with Crippen molar-refractivity contribution in [3.63, 3.8) is 0 Å². The summed E-state index contributed by atoms with van der Waals surface area (Å²) in [7, 11) is 2.00. The Morgan fingerprint density at radius 2 is 2.17 bits per heavy atom. The van der Waals surface area contributed by atoms with E-state index in [4.69, 9.17) is 5.73 Å². The molecule has 0 saturated heterocycles. The summed E-state index contributed by atoms with van der Waals surface area (Å²) in [6, 6.07) is 4.78. The number of phenolic OH excluding ortho intramolecular Hbond substituents is 1. The number of nitrogens with two attached hydrogens (primary N) is 1. The van der Waals surface area contributed by atoms with Gasteiger partial charge in [-0.1, -0.05) is 0 Å². The number of hydrogen-bond donors (Lipinski definition) is 3. The molecule has 0 fully saturated rings. The Labute approximate surface area is 108 Å². The van der Waals surface area contributed by atoms with Crippen LogP contribution in [0.25, 0.3) is 0 Å². The van der Waals surface area contributed by atoms with Gasteiger partial charge in [-0.2, -0.15) is 0 Å². The molecule has 1 aromatic carbocycles. The lowest BCUT2D eigenvalue weighted by molar-refractivity contribution is 0.0948. The van der Waals surface area contributed by atoms with E-state index in [0.717, 1.165) is 6.54 Å². The van der Waals surface area contributed by atoms with Crippen molar-refractivity contribution in [1.82, 2.24) is 10.2 Å². The summed E-state index contributed by atoms with van der Waals surface area (Å²) in [6.45, 7) is 5.49. The van der Waals surface area contributed by atoms with E-state index in [-0.39, 0.29) is 11.7 Å². The molecule has 18 heavy (non-hydrogen) atoms. The first kappa shape index (κ1) is 14.3. The van der Waals surface area contributed by atoms with Crippen LogP contribution in [0.1, 0.15) is 24.2 Å². The minimum Gasteiger partial charge on any atom is -0.508 e. The Bertz CT molecular complexity index is 419. The number of nitrogens with zero attached hydrogens (tertiary/aromatic N) is 1. The Kier molecular flexibility index (Phi) is 4.97. The molecule has 1 aromatic rings. The van der Waals surface area contributed by atoms with Crippen LogP contribution in [0.5, 0.6) is 5.75 Å². The first-order valence-corrected chi connectivity index (χ1v) is 5.98. The quantitative estimate of drug-likeness (QED) is 0.540. The van der Waals surface area contributed by atoms with Crippen LogP contribution in [0.2, 0.25) is 0 Å². The molecule has 5 heteroatoms. The summed E-state index contributed by atoms with van der Waals surface area (Å²) in [5.41, 5.74) is 6.36. The predicted octanol–water partition coefficient (Wildman–Crippen LogP) is 1.04. The number of nitrogen functional groups attached to an aromatic ring is 1. The fourth-order valence-electron chi connectivity index (χ4n) is 1.44. The van der Waals surface area contributed by atoms with Gasteiger partial charge in [-0.15, -0.1) is 0 Å². The van der Waals surface area contributed by atoms with E-state index >= 15 is 0 Å². The molecule has 1 amide bonds. The normalized spacial score (nSPS) is 10.9. The number of phenols is 1. The highest BCUT2D eigenvalue weighted by atomic mass is 16.3. The Balaban J connectivity index is 2.53. The van der Waals surface area contributed by atoms with Gasteiger partial charge in [0.25, 0.3) is 5.91 Å². The molecule has 1 rings (SSSR count). The largest absolute Gasteiger partial charge is 0.508 e. The van der Waals surface area contributed by atoms with Crippen LogP contribution >= 0.6 is 0 Å². The maximum Gasteiger partial charge on any atom is 0.253 e. The highest BCUT2D eigenvalue weighted by molar-refractivity contribution is 5.99. The Hall–Kier alpha value is -1.75. The standard InChI is InChI=1S/C13H21N3O2/c1-9(2)16(3)7-6-15-13(18)11-8-10(17)4-5-12(11)14/h4-5,8-9,17H,6-7,14H2,1-3H3,(H,15,18). The van der Waals surface area contributed by atoms with Crippen LogP contribution in [0, 0.1) is 0 Å². The van der Waals surface area contributed by atoms with Gasteiger partial charge in [-0.05, 0) is 39.1 Å². The van der Waals surface area contributed by atoms with Gasteiger partial charge in [0.15, 0.2) is 0 Å². The molecule has 0 aliphatic rings. The van der Waals surface area contributed by atoms with Crippen molar-refractivity contribution >= 4 is 11.6 Å². The first-order valence-electron chi connectivity index (χ1n) is 5.98. The second-order valence-corrected chi connectivity index (χ2v) is 4.60. The molecule has 100 valence electrons. The third-order valence-corrected chi connectivity index (χ3v) is 2.91. The minimum absolute atomic E-state index is 0.0358. The highest BCUT2D eigenvalue weighted by Crippen LogP contribution is 2.17. The van der Waals surface area contributed by atoms with E-state index in [1.165, 1.54) is 18.2 Å². The van der Waals surface area contributed by atoms with E-state index in [9.17, 15) is 9.90 Å². The van der Waals surface area contributed by atoms with Crippen LogP contribution < -0.4 is 11.1 Å². The maximum atomic E-state index is 11.8. The van der Waals surface area contributed by atoms with Crippen molar-refractivity contribution in [3.8, 4) is 5.75 Å². The number of nitrogens with one attached hydrogen (secondary N) is 1. The molecule has 0 unspecified atom stereocenters. The number of hydrogen-bond acceptors (Lipinski definition) is 4. The van der Waals surface area contributed by atoms with Crippen molar-refractivity contribution in [2.45, 2.75) is 19.9 Å². The summed E-state index contributed by atoms with van der Waals surface area (Å²) in [5, 5.41) is 12.1. The van der Waals surface area contributed by atoms with E-state index < -0.39 is 0 Å². The molecule has 4 N–H and O–H groups in total. The van der Waals surface area contributed by atoms with Crippen LogP contribution in [-0.2, 0) is 0 Å². The van der Waals surface area contributed by atoms with Crippen LogP contribution in [0.15, 0.2) is 18.2 Å². The number of carbonyl (C=O) groups is 1. The molecule has 0 bridgehead atoms. The smallest absolute Gasteiger partial charge is 0.253 e. The maximum absolute atomic E-state index is 11.8. The third-order valence-electron chi connectivity index (χ3n) is 2.91. The topological polar surface area (TPSA) is 78.6 Å².